The number of nitriles is 1. The highest BCUT2D eigenvalue weighted by Crippen LogP contribution is 2.30. The Morgan fingerprint density at radius 1 is 1.30 bits per heavy atom. The van der Waals surface area contributed by atoms with E-state index in [4.69, 9.17) is 9.47 Å². The molecule has 1 aliphatic carbocycles. The number of nitrogens with zero attached hydrogens (tertiary/aromatic N) is 2. The molecular formula is C21H28N5O4+. The van der Waals surface area contributed by atoms with Crippen molar-refractivity contribution in [2.75, 3.05) is 27.3 Å². The summed E-state index contributed by atoms with van der Waals surface area (Å²) in [5.74, 6) is 1.28. The van der Waals surface area contributed by atoms with Gasteiger partial charge in [0.2, 0.25) is 0 Å². The lowest BCUT2D eigenvalue weighted by Gasteiger charge is -2.23. The molecule has 0 bridgehead atoms. The summed E-state index contributed by atoms with van der Waals surface area (Å²) in [6, 6.07) is 5.54. The van der Waals surface area contributed by atoms with E-state index in [0.717, 1.165) is 17.7 Å². The van der Waals surface area contributed by atoms with Gasteiger partial charge in [-0.1, -0.05) is 0 Å². The number of aromatic nitrogens is 2. The minimum absolute atomic E-state index is 0.162. The molecule has 160 valence electrons. The molecule has 0 spiro atoms. The highest BCUT2D eigenvalue weighted by Gasteiger charge is 2.36. The van der Waals surface area contributed by atoms with Crippen LogP contribution in [0, 0.1) is 11.3 Å². The van der Waals surface area contributed by atoms with Crippen molar-refractivity contribution in [3.05, 3.63) is 28.3 Å². The normalized spacial score (nSPS) is 16.1. The second-order valence-electron chi connectivity index (χ2n) is 7.64. The number of nitrogens with one attached hydrogen (secondary N) is 3. The van der Waals surface area contributed by atoms with E-state index >= 15 is 0 Å². The predicted octanol–water partition coefficient (Wildman–Crippen LogP) is 0.298. The number of carbonyl (C=O) groups excluding carboxylic acids is 1. The molecule has 0 aliphatic heterocycles. The van der Waals surface area contributed by atoms with Gasteiger partial charge in [0.05, 0.1) is 37.7 Å². The third kappa shape index (κ3) is 4.54. The SMILES string of the molecule is CC[NH+](CC(=O)NC1(C#N)CCCC1)Cc1nc2cc(OC)c(OC)cc2c(=O)[nH]1. The first-order valence-corrected chi connectivity index (χ1v) is 10.1. The minimum Gasteiger partial charge on any atom is -0.493 e. The average molecular weight is 414 g/mol. The molecule has 1 heterocycles. The summed E-state index contributed by atoms with van der Waals surface area (Å²) < 4.78 is 10.6. The molecule has 9 heteroatoms. The van der Waals surface area contributed by atoms with Crippen LogP contribution in [0.5, 0.6) is 11.5 Å². The monoisotopic (exact) mass is 414 g/mol. The summed E-state index contributed by atoms with van der Waals surface area (Å²) in [4.78, 5) is 33.4. The molecule has 1 aromatic heterocycles. The molecule has 1 fully saturated rings. The van der Waals surface area contributed by atoms with Crippen molar-refractivity contribution < 1.29 is 19.2 Å². The van der Waals surface area contributed by atoms with Gasteiger partial charge in [0.1, 0.15) is 12.1 Å². The fraction of sp³-hybridized carbons (Fsp3) is 0.524. The molecule has 3 rings (SSSR count). The van der Waals surface area contributed by atoms with Gasteiger partial charge in [-0.25, -0.2) is 4.98 Å². The number of aromatic amines is 1. The van der Waals surface area contributed by atoms with Crippen molar-refractivity contribution in [3.63, 3.8) is 0 Å². The van der Waals surface area contributed by atoms with Crippen LogP contribution in [0.3, 0.4) is 0 Å². The number of fused-ring (bicyclic) bond motifs is 1. The van der Waals surface area contributed by atoms with E-state index in [1.807, 2.05) is 6.92 Å². The van der Waals surface area contributed by atoms with E-state index in [-0.39, 0.29) is 18.0 Å². The van der Waals surface area contributed by atoms with Crippen LogP contribution < -0.4 is 25.2 Å². The van der Waals surface area contributed by atoms with Crippen molar-refractivity contribution in [1.29, 1.82) is 5.26 Å². The van der Waals surface area contributed by atoms with Crippen LogP contribution in [0.25, 0.3) is 10.9 Å². The smallest absolute Gasteiger partial charge is 0.276 e. The highest BCUT2D eigenvalue weighted by atomic mass is 16.5. The summed E-state index contributed by atoms with van der Waals surface area (Å²) in [7, 11) is 3.03. The Bertz CT molecular complexity index is 1020. The van der Waals surface area contributed by atoms with E-state index in [9.17, 15) is 14.9 Å². The van der Waals surface area contributed by atoms with Crippen molar-refractivity contribution in [3.8, 4) is 17.6 Å². The molecule has 9 nitrogen and oxygen atoms in total. The first-order valence-electron chi connectivity index (χ1n) is 10.1. The highest BCUT2D eigenvalue weighted by molar-refractivity contribution is 5.81. The van der Waals surface area contributed by atoms with E-state index in [1.54, 1.807) is 12.1 Å². The van der Waals surface area contributed by atoms with Crippen LogP contribution in [0.1, 0.15) is 38.4 Å². The zero-order valence-corrected chi connectivity index (χ0v) is 17.6. The third-order valence-corrected chi connectivity index (χ3v) is 5.64. The lowest BCUT2D eigenvalue weighted by molar-refractivity contribution is -0.904. The van der Waals surface area contributed by atoms with E-state index in [1.165, 1.54) is 14.2 Å². The van der Waals surface area contributed by atoms with Crippen LogP contribution in [-0.4, -0.2) is 48.7 Å². The molecule has 2 aromatic rings. The quantitative estimate of drug-likeness (QED) is 0.571. The van der Waals surface area contributed by atoms with Crippen molar-refractivity contribution in [2.45, 2.75) is 44.7 Å². The summed E-state index contributed by atoms with van der Waals surface area (Å²) >= 11 is 0. The number of quaternary nitrogens is 1. The fourth-order valence-electron chi connectivity index (χ4n) is 3.93. The molecule has 0 saturated heterocycles. The molecule has 30 heavy (non-hydrogen) atoms. The van der Waals surface area contributed by atoms with Gasteiger partial charge in [0, 0.05) is 6.07 Å². The molecule has 3 N–H and O–H groups in total. The van der Waals surface area contributed by atoms with Gasteiger partial charge in [0.15, 0.2) is 23.9 Å². The Morgan fingerprint density at radius 3 is 2.57 bits per heavy atom. The van der Waals surface area contributed by atoms with E-state index in [0.29, 0.717) is 54.2 Å². The maximum Gasteiger partial charge on any atom is 0.276 e. The first-order chi connectivity index (χ1) is 14.4. The number of methoxy groups -OCH3 is 2. The van der Waals surface area contributed by atoms with E-state index in [2.05, 4.69) is 21.4 Å². The van der Waals surface area contributed by atoms with Crippen LogP contribution in [-0.2, 0) is 11.3 Å². The molecular weight excluding hydrogens is 386 g/mol. The lowest BCUT2D eigenvalue weighted by atomic mass is 10.00. The third-order valence-electron chi connectivity index (χ3n) is 5.64. The minimum atomic E-state index is -0.735. The molecule has 0 radical (unpaired) electrons. The van der Waals surface area contributed by atoms with Gasteiger partial charge in [0.25, 0.3) is 11.5 Å². The second-order valence-corrected chi connectivity index (χ2v) is 7.64. The number of carbonyl (C=O) groups is 1. The average Bonchev–Trinajstić information content (AvgIpc) is 3.21. The first kappa shape index (κ1) is 21.6. The molecule has 1 unspecified atom stereocenters. The second kappa shape index (κ2) is 9.13. The fourth-order valence-corrected chi connectivity index (χ4v) is 3.93. The van der Waals surface area contributed by atoms with E-state index < -0.39 is 5.54 Å². The number of H-pyrrole nitrogens is 1. The van der Waals surface area contributed by atoms with Crippen LogP contribution >= 0.6 is 0 Å². The molecule has 1 aromatic carbocycles. The van der Waals surface area contributed by atoms with Gasteiger partial charge in [-0.2, -0.15) is 5.26 Å². The van der Waals surface area contributed by atoms with Crippen LogP contribution in [0.4, 0.5) is 0 Å². The van der Waals surface area contributed by atoms with Gasteiger partial charge in [-0.3, -0.25) is 9.59 Å². The van der Waals surface area contributed by atoms with Crippen molar-refractivity contribution >= 4 is 16.8 Å². The summed E-state index contributed by atoms with van der Waals surface area (Å²) in [5.41, 5.74) is -0.507. The molecule has 1 amide bonds. The molecule has 1 atom stereocenters. The number of amides is 1. The topological polar surface area (TPSA) is 122 Å². The number of rotatable bonds is 8. The molecule has 1 saturated carbocycles. The lowest BCUT2D eigenvalue weighted by Crippen LogP contribution is -3.11. The Balaban J connectivity index is 1.77. The van der Waals surface area contributed by atoms with Gasteiger partial charge in [-0.05, 0) is 38.7 Å². The maximum absolute atomic E-state index is 12.6. The Hall–Kier alpha value is -3.12. The van der Waals surface area contributed by atoms with Crippen molar-refractivity contribution in [1.82, 2.24) is 15.3 Å². The Kier molecular flexibility index (Phi) is 6.57. The maximum atomic E-state index is 12.6. The summed E-state index contributed by atoms with van der Waals surface area (Å²) in [6.45, 7) is 3.21. The summed E-state index contributed by atoms with van der Waals surface area (Å²) in [6.07, 6.45) is 3.30. The van der Waals surface area contributed by atoms with Crippen molar-refractivity contribution in [2.24, 2.45) is 0 Å². The number of likely N-dealkylation sites (N-methyl/N-ethyl adjacent to an activating group) is 1. The molecule has 1 aliphatic rings. The van der Waals surface area contributed by atoms with Crippen LogP contribution in [0.15, 0.2) is 16.9 Å². The van der Waals surface area contributed by atoms with Gasteiger partial charge >= 0.3 is 0 Å². The zero-order valence-electron chi connectivity index (χ0n) is 17.6. The van der Waals surface area contributed by atoms with Gasteiger partial charge in [-0.15, -0.1) is 0 Å². The Morgan fingerprint density at radius 2 is 1.97 bits per heavy atom. The number of benzene rings is 1. The predicted molar refractivity (Wildman–Crippen MR) is 110 cm³/mol. The Labute approximate surface area is 175 Å². The van der Waals surface area contributed by atoms with Crippen LogP contribution in [0.2, 0.25) is 0 Å². The largest absolute Gasteiger partial charge is 0.493 e. The zero-order chi connectivity index (χ0) is 21.7. The summed E-state index contributed by atoms with van der Waals surface area (Å²) in [5, 5.41) is 12.8. The number of hydrogen-bond acceptors (Lipinski definition) is 6. The standard InChI is InChI=1S/C21H27N5O4/c1-4-26(12-19(27)25-21(13-22)7-5-6-8-21)11-18-23-15-10-17(30-3)16(29-2)9-14(15)20(28)24-18/h9-10H,4-8,11-12H2,1-3H3,(H,25,27)(H,23,24,28)/p+1. The number of hydrogen-bond donors (Lipinski definition) is 3. The van der Waals surface area contributed by atoms with Gasteiger partial charge < -0.3 is 24.7 Å². The number of ether oxygens (including phenoxy) is 2.